The molecule has 3 amide bonds. The van der Waals surface area contributed by atoms with Crippen LogP contribution < -0.4 is 21.7 Å². The first-order chi connectivity index (χ1) is 12.5. The molecule has 0 aromatic rings. The molecule has 156 valence electrons. The number of carbonyl (C=O) groups is 4. The van der Waals surface area contributed by atoms with E-state index in [1.807, 2.05) is 27.7 Å². The predicted octanol–water partition coefficient (Wildman–Crippen LogP) is -0.494. The zero-order valence-electron chi connectivity index (χ0n) is 16.3. The van der Waals surface area contributed by atoms with Gasteiger partial charge in [0.25, 0.3) is 0 Å². The van der Waals surface area contributed by atoms with E-state index in [9.17, 15) is 19.2 Å². The Morgan fingerprint density at radius 3 is 2.07 bits per heavy atom. The van der Waals surface area contributed by atoms with Crippen molar-refractivity contribution in [3.63, 3.8) is 0 Å². The van der Waals surface area contributed by atoms with Gasteiger partial charge >= 0.3 is 5.97 Å². The van der Waals surface area contributed by atoms with Gasteiger partial charge in [0.05, 0.1) is 12.6 Å². The Balaban J connectivity index is 4.80. The standard InChI is InChI=1S/C17H32N4O5S/c1-5-10(4)14(18)16(24)19-7-13(22)20-11(6-9(2)3)15(23)21-12(8-27)17(25)26/h9-12,14,27H,5-8,18H2,1-4H3,(H,19,24)(H,20,22)(H,21,23)(H,25,26). The van der Waals surface area contributed by atoms with Gasteiger partial charge in [-0.25, -0.2) is 4.79 Å². The Labute approximate surface area is 165 Å². The summed E-state index contributed by atoms with van der Waals surface area (Å²) in [5.41, 5.74) is 5.80. The van der Waals surface area contributed by atoms with Gasteiger partial charge in [0, 0.05) is 5.75 Å². The van der Waals surface area contributed by atoms with Crippen LogP contribution in [0.3, 0.4) is 0 Å². The Morgan fingerprint density at radius 1 is 1.04 bits per heavy atom. The monoisotopic (exact) mass is 404 g/mol. The number of thiol groups is 1. The molecule has 0 spiro atoms. The predicted molar refractivity (Wildman–Crippen MR) is 105 cm³/mol. The molecule has 0 rings (SSSR count). The molecule has 27 heavy (non-hydrogen) atoms. The number of nitrogens with two attached hydrogens (primary N) is 1. The van der Waals surface area contributed by atoms with Crippen LogP contribution in [-0.2, 0) is 19.2 Å². The number of hydrogen-bond acceptors (Lipinski definition) is 6. The average molecular weight is 405 g/mol. The van der Waals surface area contributed by atoms with Crippen molar-refractivity contribution < 1.29 is 24.3 Å². The third-order valence-electron chi connectivity index (χ3n) is 4.14. The van der Waals surface area contributed by atoms with Crippen LogP contribution in [0.5, 0.6) is 0 Å². The summed E-state index contributed by atoms with van der Waals surface area (Å²) in [5.74, 6) is -2.84. The number of rotatable bonds is 12. The van der Waals surface area contributed by atoms with Gasteiger partial charge in [-0.15, -0.1) is 0 Å². The van der Waals surface area contributed by atoms with E-state index in [0.717, 1.165) is 6.42 Å². The summed E-state index contributed by atoms with van der Waals surface area (Å²) in [6.45, 7) is 7.17. The van der Waals surface area contributed by atoms with Gasteiger partial charge in [0.15, 0.2) is 0 Å². The average Bonchev–Trinajstić information content (AvgIpc) is 2.61. The van der Waals surface area contributed by atoms with Crippen LogP contribution in [0.15, 0.2) is 0 Å². The van der Waals surface area contributed by atoms with Crippen LogP contribution in [0.1, 0.15) is 40.5 Å². The van der Waals surface area contributed by atoms with Crippen molar-refractivity contribution in [2.24, 2.45) is 17.6 Å². The zero-order valence-corrected chi connectivity index (χ0v) is 17.2. The maximum absolute atomic E-state index is 12.3. The first-order valence-electron chi connectivity index (χ1n) is 9.00. The summed E-state index contributed by atoms with van der Waals surface area (Å²) >= 11 is 3.90. The van der Waals surface area contributed by atoms with Crippen LogP contribution in [0.2, 0.25) is 0 Å². The van der Waals surface area contributed by atoms with E-state index in [-0.39, 0.29) is 24.1 Å². The Kier molecular flexibility index (Phi) is 11.7. The number of aliphatic carboxylic acids is 1. The van der Waals surface area contributed by atoms with Crippen molar-refractivity contribution in [2.75, 3.05) is 12.3 Å². The maximum Gasteiger partial charge on any atom is 0.327 e. The Morgan fingerprint density at radius 2 is 1.63 bits per heavy atom. The first-order valence-corrected chi connectivity index (χ1v) is 9.63. The Hall–Kier alpha value is -1.81. The highest BCUT2D eigenvalue weighted by Crippen LogP contribution is 2.06. The first kappa shape index (κ1) is 25.2. The van der Waals surface area contributed by atoms with Gasteiger partial charge in [-0.3, -0.25) is 14.4 Å². The molecule has 9 nitrogen and oxygen atoms in total. The highest BCUT2D eigenvalue weighted by molar-refractivity contribution is 7.80. The van der Waals surface area contributed by atoms with E-state index < -0.39 is 41.8 Å². The van der Waals surface area contributed by atoms with Crippen molar-refractivity contribution in [2.45, 2.75) is 58.7 Å². The summed E-state index contributed by atoms with van der Waals surface area (Å²) < 4.78 is 0. The summed E-state index contributed by atoms with van der Waals surface area (Å²) in [6.07, 6.45) is 1.05. The van der Waals surface area contributed by atoms with Crippen molar-refractivity contribution in [3.8, 4) is 0 Å². The fourth-order valence-electron chi connectivity index (χ4n) is 2.20. The molecule has 0 saturated heterocycles. The van der Waals surface area contributed by atoms with Crippen LogP contribution in [-0.4, -0.2) is 59.2 Å². The topological polar surface area (TPSA) is 151 Å². The molecule has 0 aliphatic carbocycles. The lowest BCUT2D eigenvalue weighted by Crippen LogP contribution is -2.54. The third kappa shape index (κ3) is 9.62. The molecule has 0 aromatic carbocycles. The minimum atomic E-state index is -1.21. The van der Waals surface area contributed by atoms with Gasteiger partial charge in [-0.1, -0.05) is 34.1 Å². The van der Waals surface area contributed by atoms with E-state index in [1.165, 1.54) is 0 Å². The molecule has 6 N–H and O–H groups in total. The van der Waals surface area contributed by atoms with Crippen molar-refractivity contribution in [1.29, 1.82) is 0 Å². The largest absolute Gasteiger partial charge is 0.480 e. The molecule has 0 aliphatic rings. The summed E-state index contributed by atoms with van der Waals surface area (Å²) in [4.78, 5) is 47.4. The maximum atomic E-state index is 12.3. The quantitative estimate of drug-likeness (QED) is 0.242. The fraction of sp³-hybridized carbons (Fsp3) is 0.765. The molecule has 0 bridgehead atoms. The van der Waals surface area contributed by atoms with E-state index in [4.69, 9.17) is 10.8 Å². The van der Waals surface area contributed by atoms with Crippen LogP contribution >= 0.6 is 12.6 Å². The van der Waals surface area contributed by atoms with E-state index >= 15 is 0 Å². The van der Waals surface area contributed by atoms with E-state index in [0.29, 0.717) is 6.42 Å². The van der Waals surface area contributed by atoms with E-state index in [1.54, 1.807) is 0 Å². The SMILES string of the molecule is CCC(C)C(N)C(=O)NCC(=O)NC(CC(C)C)C(=O)NC(CS)C(=O)O. The van der Waals surface area contributed by atoms with Gasteiger partial charge in [-0.05, 0) is 18.3 Å². The number of carboxylic acid groups (broad SMARTS) is 1. The van der Waals surface area contributed by atoms with Crippen molar-refractivity contribution >= 4 is 36.3 Å². The molecule has 10 heteroatoms. The molecule has 0 saturated carbocycles. The second kappa shape index (κ2) is 12.6. The summed E-state index contributed by atoms with van der Waals surface area (Å²) in [6, 6.07) is -2.79. The number of carbonyl (C=O) groups excluding carboxylic acids is 3. The normalized spacial score (nSPS) is 15.4. The minimum absolute atomic E-state index is 0.0262. The molecule has 4 atom stereocenters. The minimum Gasteiger partial charge on any atom is -0.480 e. The Bertz CT molecular complexity index is 529. The second-order valence-corrected chi connectivity index (χ2v) is 7.33. The lowest BCUT2D eigenvalue weighted by atomic mass is 9.99. The number of carboxylic acids is 1. The number of amides is 3. The van der Waals surface area contributed by atoms with Gasteiger partial charge in [-0.2, -0.15) is 12.6 Å². The highest BCUT2D eigenvalue weighted by atomic mass is 32.1. The van der Waals surface area contributed by atoms with Crippen LogP contribution in [0.4, 0.5) is 0 Å². The van der Waals surface area contributed by atoms with Gasteiger partial charge in [0.1, 0.15) is 12.1 Å². The lowest BCUT2D eigenvalue weighted by Gasteiger charge is -2.22. The molecule has 4 unspecified atom stereocenters. The van der Waals surface area contributed by atoms with Gasteiger partial charge < -0.3 is 26.8 Å². The van der Waals surface area contributed by atoms with Gasteiger partial charge in [0.2, 0.25) is 17.7 Å². The molecule has 0 radical (unpaired) electrons. The fourth-order valence-corrected chi connectivity index (χ4v) is 2.45. The summed E-state index contributed by atoms with van der Waals surface area (Å²) in [7, 11) is 0. The highest BCUT2D eigenvalue weighted by Gasteiger charge is 2.27. The molecular weight excluding hydrogens is 372 g/mol. The zero-order chi connectivity index (χ0) is 21.1. The molecule has 0 fully saturated rings. The van der Waals surface area contributed by atoms with E-state index in [2.05, 4.69) is 28.6 Å². The second-order valence-electron chi connectivity index (χ2n) is 6.96. The number of nitrogens with one attached hydrogen (secondary N) is 3. The third-order valence-corrected chi connectivity index (χ3v) is 4.50. The van der Waals surface area contributed by atoms with Crippen molar-refractivity contribution in [1.82, 2.24) is 16.0 Å². The van der Waals surface area contributed by atoms with Crippen molar-refractivity contribution in [3.05, 3.63) is 0 Å². The number of hydrogen-bond donors (Lipinski definition) is 6. The summed E-state index contributed by atoms with van der Waals surface area (Å²) in [5, 5.41) is 16.3. The lowest BCUT2D eigenvalue weighted by molar-refractivity contribution is -0.141. The molecule has 0 heterocycles. The smallest absolute Gasteiger partial charge is 0.327 e. The molecule has 0 aliphatic heterocycles. The molecule has 0 aromatic heterocycles. The molecular formula is C17H32N4O5S. The van der Waals surface area contributed by atoms with Crippen LogP contribution in [0.25, 0.3) is 0 Å². The van der Waals surface area contributed by atoms with Crippen LogP contribution in [0, 0.1) is 11.8 Å².